The lowest BCUT2D eigenvalue weighted by molar-refractivity contribution is -0.115. The highest BCUT2D eigenvalue weighted by molar-refractivity contribution is 5.57. The van der Waals surface area contributed by atoms with Crippen LogP contribution in [0.5, 0.6) is 0 Å². The van der Waals surface area contributed by atoms with Gasteiger partial charge in [-0.05, 0) is 6.92 Å². The van der Waals surface area contributed by atoms with E-state index in [1.54, 1.807) is 6.92 Å². The van der Waals surface area contributed by atoms with Crippen molar-refractivity contribution < 1.29 is 19.7 Å². The minimum absolute atomic E-state index is 0.361. The molecule has 4 nitrogen and oxygen atoms in total. The van der Waals surface area contributed by atoms with Crippen LogP contribution in [0.2, 0.25) is 0 Å². The molecule has 0 aromatic carbocycles. The lowest BCUT2D eigenvalue weighted by atomic mass is 10.1. The molecule has 0 spiro atoms. The molecule has 4 heteroatoms. The Morgan fingerprint density at radius 3 is 2.40 bits per heavy atom. The van der Waals surface area contributed by atoms with E-state index < -0.39 is 18.3 Å². The monoisotopic (exact) mass is 146 g/mol. The zero-order chi connectivity index (χ0) is 7.72. The molecule has 1 aliphatic rings. The smallest absolute Gasteiger partial charge is 0.151 e. The van der Waals surface area contributed by atoms with Gasteiger partial charge in [0.25, 0.3) is 0 Å². The average molecular weight is 146 g/mol. The van der Waals surface area contributed by atoms with Gasteiger partial charge in [-0.1, -0.05) is 0 Å². The third kappa shape index (κ3) is 1.34. The van der Waals surface area contributed by atoms with Gasteiger partial charge < -0.3 is 19.7 Å². The van der Waals surface area contributed by atoms with Crippen LogP contribution in [0.4, 0.5) is 0 Å². The van der Waals surface area contributed by atoms with E-state index in [1.165, 1.54) is 0 Å². The molecule has 10 heavy (non-hydrogen) atoms. The highest BCUT2D eigenvalue weighted by atomic mass is 16.6. The number of aliphatic hydroxyl groups excluding tert-OH is 2. The Hall–Kier alpha value is -0.450. The number of aliphatic hydroxyl groups is 2. The van der Waals surface area contributed by atoms with Crippen LogP contribution in [0.25, 0.3) is 0 Å². The molecule has 0 radical (unpaired) electrons. The van der Waals surface area contributed by atoms with E-state index in [0.717, 1.165) is 0 Å². The number of hydrogen-bond acceptors (Lipinski definition) is 4. The minimum atomic E-state index is -1.08. The van der Waals surface area contributed by atoms with Crippen LogP contribution < -0.4 is 0 Å². The Kier molecular flexibility index (Phi) is 2.03. The topological polar surface area (TPSA) is 70.1 Å². The third-order valence-corrected chi connectivity index (χ3v) is 1.51. The second-order valence-electron chi connectivity index (χ2n) is 2.43. The summed E-state index contributed by atoms with van der Waals surface area (Å²) in [6, 6.07) is 0. The van der Waals surface area contributed by atoms with Crippen molar-refractivity contribution >= 4 is 6.29 Å². The van der Waals surface area contributed by atoms with Crippen LogP contribution in [0, 0.1) is 0 Å². The van der Waals surface area contributed by atoms with Gasteiger partial charge in [0.15, 0.2) is 6.29 Å². The van der Waals surface area contributed by atoms with Gasteiger partial charge in [0, 0.05) is 0 Å². The van der Waals surface area contributed by atoms with E-state index in [4.69, 9.17) is 14.9 Å². The normalized spacial score (nSPS) is 36.7. The summed E-state index contributed by atoms with van der Waals surface area (Å²) in [6.45, 7) is 1.56. The molecule has 58 valence electrons. The fraction of sp³-hybridized carbons (Fsp3) is 0.833. The SMILES string of the molecule is C[C@@H](O)[C@H]1OC1C(O)C=O. The molecule has 0 aliphatic carbocycles. The van der Waals surface area contributed by atoms with Crippen molar-refractivity contribution in [3.8, 4) is 0 Å². The predicted octanol–water partition coefficient (Wildman–Crippen LogP) is -1.31. The maximum Gasteiger partial charge on any atom is 0.151 e. The molecule has 1 fully saturated rings. The van der Waals surface area contributed by atoms with Crippen LogP contribution in [-0.2, 0) is 9.53 Å². The summed E-state index contributed by atoms with van der Waals surface area (Å²) in [7, 11) is 0. The molecular formula is C6H10O4. The molecular weight excluding hydrogens is 136 g/mol. The van der Waals surface area contributed by atoms with Gasteiger partial charge >= 0.3 is 0 Å². The van der Waals surface area contributed by atoms with Crippen LogP contribution in [0.3, 0.4) is 0 Å². The number of epoxide rings is 1. The minimum Gasteiger partial charge on any atom is -0.391 e. The van der Waals surface area contributed by atoms with Gasteiger partial charge in [-0.2, -0.15) is 0 Å². The molecule has 1 rings (SSSR count). The molecule has 0 bridgehead atoms. The Morgan fingerprint density at radius 1 is 1.50 bits per heavy atom. The summed E-state index contributed by atoms with van der Waals surface area (Å²) in [5, 5.41) is 17.7. The first-order valence-corrected chi connectivity index (χ1v) is 3.13. The van der Waals surface area contributed by atoms with Crippen LogP contribution in [0.15, 0.2) is 0 Å². The van der Waals surface area contributed by atoms with E-state index >= 15 is 0 Å². The van der Waals surface area contributed by atoms with Crippen LogP contribution in [-0.4, -0.2) is 40.9 Å². The summed E-state index contributed by atoms with van der Waals surface area (Å²) < 4.78 is 4.80. The molecule has 0 saturated carbocycles. The van der Waals surface area contributed by atoms with Crippen molar-refractivity contribution in [2.45, 2.75) is 31.3 Å². The summed E-state index contributed by atoms with van der Waals surface area (Å²) in [5.41, 5.74) is 0. The highest BCUT2D eigenvalue weighted by Crippen LogP contribution is 2.27. The molecule has 2 unspecified atom stereocenters. The predicted molar refractivity (Wildman–Crippen MR) is 32.4 cm³/mol. The molecule has 1 saturated heterocycles. The van der Waals surface area contributed by atoms with E-state index in [9.17, 15) is 4.79 Å². The second kappa shape index (κ2) is 2.65. The van der Waals surface area contributed by atoms with Gasteiger partial charge in [-0.15, -0.1) is 0 Å². The van der Waals surface area contributed by atoms with Gasteiger partial charge in [-0.25, -0.2) is 0 Å². The lowest BCUT2D eigenvalue weighted by Crippen LogP contribution is -2.22. The molecule has 0 amide bonds. The first kappa shape index (κ1) is 7.65. The van der Waals surface area contributed by atoms with Crippen LogP contribution in [0.1, 0.15) is 6.92 Å². The Morgan fingerprint density at radius 2 is 2.10 bits per heavy atom. The number of aldehydes is 1. The molecule has 4 atom stereocenters. The largest absolute Gasteiger partial charge is 0.391 e. The second-order valence-corrected chi connectivity index (χ2v) is 2.43. The number of carbonyl (C=O) groups is 1. The van der Waals surface area contributed by atoms with Crippen molar-refractivity contribution in [2.75, 3.05) is 0 Å². The Bertz CT molecular complexity index is 134. The quantitative estimate of drug-likeness (QED) is 0.383. The summed E-state index contributed by atoms with van der Waals surface area (Å²) in [4.78, 5) is 9.94. The van der Waals surface area contributed by atoms with Crippen molar-refractivity contribution in [1.82, 2.24) is 0 Å². The fourth-order valence-electron chi connectivity index (χ4n) is 0.877. The zero-order valence-corrected chi connectivity index (χ0v) is 5.60. The number of ether oxygens (including phenoxy) is 1. The van der Waals surface area contributed by atoms with Gasteiger partial charge in [0.2, 0.25) is 0 Å². The number of hydrogen-bond donors (Lipinski definition) is 2. The van der Waals surface area contributed by atoms with E-state index in [2.05, 4.69) is 0 Å². The van der Waals surface area contributed by atoms with E-state index in [0.29, 0.717) is 6.29 Å². The first-order chi connectivity index (χ1) is 4.66. The standard InChI is InChI=1S/C6H10O4/c1-3(8)5-6(10-5)4(9)2-7/h2-6,8-9H,1H3/t3-,4?,5-,6?/m1/s1. The van der Waals surface area contributed by atoms with Gasteiger partial charge in [0.05, 0.1) is 6.10 Å². The Balaban J connectivity index is 2.31. The Labute approximate surface area is 58.4 Å². The summed E-state index contributed by atoms with van der Waals surface area (Å²) in [5.74, 6) is 0. The van der Waals surface area contributed by atoms with Crippen molar-refractivity contribution in [3.05, 3.63) is 0 Å². The third-order valence-electron chi connectivity index (χ3n) is 1.51. The van der Waals surface area contributed by atoms with Crippen molar-refractivity contribution in [2.24, 2.45) is 0 Å². The molecule has 2 N–H and O–H groups in total. The molecule has 0 aromatic heterocycles. The summed E-state index contributed by atoms with van der Waals surface area (Å²) >= 11 is 0. The average Bonchev–Trinajstić information content (AvgIpc) is 2.64. The van der Waals surface area contributed by atoms with Gasteiger partial charge in [-0.3, -0.25) is 0 Å². The fourth-order valence-corrected chi connectivity index (χ4v) is 0.877. The molecule has 1 aliphatic heterocycles. The molecule has 0 aromatic rings. The maximum atomic E-state index is 9.94. The van der Waals surface area contributed by atoms with Crippen molar-refractivity contribution in [1.29, 1.82) is 0 Å². The number of rotatable bonds is 3. The zero-order valence-electron chi connectivity index (χ0n) is 5.60. The molecule has 1 heterocycles. The highest BCUT2D eigenvalue weighted by Gasteiger charge is 2.47. The van der Waals surface area contributed by atoms with Crippen LogP contribution >= 0.6 is 0 Å². The maximum absolute atomic E-state index is 9.94. The van der Waals surface area contributed by atoms with E-state index in [1.807, 2.05) is 0 Å². The van der Waals surface area contributed by atoms with Crippen molar-refractivity contribution in [3.63, 3.8) is 0 Å². The lowest BCUT2D eigenvalue weighted by Gasteiger charge is -1.97. The van der Waals surface area contributed by atoms with Gasteiger partial charge in [0.1, 0.15) is 18.3 Å². The summed E-state index contributed by atoms with van der Waals surface area (Å²) in [6.07, 6.45) is -2.13. The first-order valence-electron chi connectivity index (χ1n) is 3.13. The van der Waals surface area contributed by atoms with E-state index in [-0.39, 0.29) is 6.10 Å². The number of carbonyl (C=O) groups excluding carboxylic acids is 1.